The Morgan fingerprint density at radius 2 is 1.82 bits per heavy atom. The fourth-order valence-corrected chi connectivity index (χ4v) is 2.79. The fourth-order valence-electron chi connectivity index (χ4n) is 2.61. The number of carbonyl (C=O) groups is 2. The summed E-state index contributed by atoms with van der Waals surface area (Å²) in [6, 6.07) is 15.9. The quantitative estimate of drug-likeness (QED) is 0.688. The van der Waals surface area contributed by atoms with Crippen LogP contribution in [0.3, 0.4) is 0 Å². The first-order valence-electron chi connectivity index (χ1n) is 9.42. The van der Waals surface area contributed by atoms with E-state index in [2.05, 4.69) is 5.32 Å². The second kappa shape index (κ2) is 10.7. The maximum atomic E-state index is 12.9. The van der Waals surface area contributed by atoms with Crippen LogP contribution in [-0.2, 0) is 16.1 Å². The molecule has 2 aromatic rings. The monoisotopic (exact) mass is 402 g/mol. The predicted octanol–water partition coefficient (Wildman–Crippen LogP) is 4.05. The summed E-state index contributed by atoms with van der Waals surface area (Å²) in [5.74, 6) is 0.0641. The van der Waals surface area contributed by atoms with E-state index < -0.39 is 6.04 Å². The first kappa shape index (κ1) is 21.8. The summed E-state index contributed by atoms with van der Waals surface area (Å²) in [5.41, 5.74) is 0.946. The molecule has 2 rings (SSSR count). The summed E-state index contributed by atoms with van der Waals surface area (Å²) in [4.78, 5) is 27.0. The summed E-state index contributed by atoms with van der Waals surface area (Å²) in [6.45, 7) is 5.83. The Hall–Kier alpha value is -2.53. The SMILES string of the molecule is CC[C@H](C)NC(=O)[C@@H](C)N(Cc1ccccc1)C(=O)COc1cccc(Cl)c1. The average molecular weight is 403 g/mol. The van der Waals surface area contributed by atoms with Crippen molar-refractivity contribution in [2.24, 2.45) is 0 Å². The Labute approximate surface area is 171 Å². The van der Waals surface area contributed by atoms with Gasteiger partial charge in [0.15, 0.2) is 6.61 Å². The van der Waals surface area contributed by atoms with E-state index in [9.17, 15) is 9.59 Å². The molecule has 1 N–H and O–H groups in total. The molecule has 0 aromatic heterocycles. The highest BCUT2D eigenvalue weighted by molar-refractivity contribution is 6.30. The molecule has 0 saturated carbocycles. The van der Waals surface area contributed by atoms with Crippen LogP contribution in [0, 0.1) is 0 Å². The number of amides is 2. The van der Waals surface area contributed by atoms with Crippen molar-refractivity contribution in [1.82, 2.24) is 10.2 Å². The van der Waals surface area contributed by atoms with Crippen LogP contribution in [0.1, 0.15) is 32.8 Å². The van der Waals surface area contributed by atoms with Gasteiger partial charge in [0.05, 0.1) is 0 Å². The van der Waals surface area contributed by atoms with Gasteiger partial charge in [-0.3, -0.25) is 9.59 Å². The van der Waals surface area contributed by atoms with Crippen LogP contribution in [0.4, 0.5) is 0 Å². The maximum Gasteiger partial charge on any atom is 0.261 e. The normalized spacial score (nSPS) is 12.7. The van der Waals surface area contributed by atoms with Gasteiger partial charge in [0.25, 0.3) is 5.91 Å². The molecule has 5 nitrogen and oxygen atoms in total. The van der Waals surface area contributed by atoms with Crippen molar-refractivity contribution in [3.05, 3.63) is 65.2 Å². The lowest BCUT2D eigenvalue weighted by Crippen LogP contribution is -2.50. The number of halogens is 1. The van der Waals surface area contributed by atoms with Gasteiger partial charge in [0.1, 0.15) is 11.8 Å². The number of benzene rings is 2. The molecule has 2 aromatic carbocycles. The molecule has 0 aliphatic rings. The summed E-state index contributed by atoms with van der Waals surface area (Å²) in [7, 11) is 0. The molecule has 0 aliphatic carbocycles. The molecule has 0 aliphatic heterocycles. The van der Waals surface area contributed by atoms with Crippen LogP contribution in [-0.4, -0.2) is 35.4 Å². The molecule has 0 fully saturated rings. The second-order valence-corrected chi connectivity index (χ2v) is 7.18. The van der Waals surface area contributed by atoms with E-state index in [1.165, 1.54) is 4.90 Å². The first-order valence-corrected chi connectivity index (χ1v) is 9.80. The standard InChI is InChI=1S/C22H27ClN2O3/c1-4-16(2)24-22(27)17(3)25(14-18-9-6-5-7-10-18)21(26)15-28-20-12-8-11-19(23)13-20/h5-13,16-17H,4,14-15H2,1-3H3,(H,24,27)/t16-,17+/m0/s1. The molecular formula is C22H27ClN2O3. The number of carbonyl (C=O) groups excluding carboxylic acids is 2. The molecule has 0 unspecified atom stereocenters. The van der Waals surface area contributed by atoms with Gasteiger partial charge in [-0.05, 0) is 44.0 Å². The van der Waals surface area contributed by atoms with Gasteiger partial charge in [-0.1, -0.05) is 54.9 Å². The van der Waals surface area contributed by atoms with E-state index >= 15 is 0 Å². The van der Waals surface area contributed by atoms with Crippen LogP contribution in [0.2, 0.25) is 5.02 Å². The number of rotatable bonds is 9. The van der Waals surface area contributed by atoms with Gasteiger partial charge in [-0.2, -0.15) is 0 Å². The zero-order valence-corrected chi connectivity index (χ0v) is 17.3. The molecule has 6 heteroatoms. The lowest BCUT2D eigenvalue weighted by Gasteiger charge is -2.29. The summed E-state index contributed by atoms with van der Waals surface area (Å²) in [5, 5.41) is 3.48. The third-order valence-electron chi connectivity index (χ3n) is 4.52. The number of hydrogen-bond acceptors (Lipinski definition) is 3. The number of ether oxygens (including phenoxy) is 1. The van der Waals surface area contributed by atoms with Crippen molar-refractivity contribution >= 4 is 23.4 Å². The minimum absolute atomic E-state index is 0.0475. The smallest absolute Gasteiger partial charge is 0.261 e. The number of hydrogen-bond donors (Lipinski definition) is 1. The minimum Gasteiger partial charge on any atom is -0.484 e. The zero-order chi connectivity index (χ0) is 20.5. The average Bonchev–Trinajstić information content (AvgIpc) is 2.70. The largest absolute Gasteiger partial charge is 0.484 e. The Balaban J connectivity index is 2.11. The topological polar surface area (TPSA) is 58.6 Å². The minimum atomic E-state index is -0.621. The molecule has 28 heavy (non-hydrogen) atoms. The van der Waals surface area contributed by atoms with Crippen molar-refractivity contribution in [1.29, 1.82) is 0 Å². The van der Waals surface area contributed by atoms with Crippen molar-refractivity contribution < 1.29 is 14.3 Å². The molecule has 0 spiro atoms. The van der Waals surface area contributed by atoms with E-state index in [0.717, 1.165) is 12.0 Å². The number of nitrogens with zero attached hydrogens (tertiary/aromatic N) is 1. The van der Waals surface area contributed by atoms with Gasteiger partial charge in [0.2, 0.25) is 5.91 Å². The molecule has 2 atom stereocenters. The van der Waals surface area contributed by atoms with Crippen LogP contribution in [0.25, 0.3) is 0 Å². The highest BCUT2D eigenvalue weighted by atomic mass is 35.5. The third kappa shape index (κ3) is 6.57. The molecule has 0 bridgehead atoms. The Morgan fingerprint density at radius 3 is 2.46 bits per heavy atom. The van der Waals surface area contributed by atoms with E-state index in [1.54, 1.807) is 31.2 Å². The molecular weight excluding hydrogens is 376 g/mol. The molecule has 0 heterocycles. The number of nitrogens with one attached hydrogen (secondary N) is 1. The Kier molecular flexibility index (Phi) is 8.33. The summed E-state index contributed by atoms with van der Waals surface area (Å²) in [6.07, 6.45) is 0.822. The maximum absolute atomic E-state index is 12.9. The van der Waals surface area contributed by atoms with Crippen LogP contribution >= 0.6 is 11.6 Å². The lowest BCUT2D eigenvalue weighted by molar-refractivity contribution is -0.142. The molecule has 0 saturated heterocycles. The lowest BCUT2D eigenvalue weighted by atomic mass is 10.1. The van der Waals surface area contributed by atoms with E-state index in [0.29, 0.717) is 17.3 Å². The summed E-state index contributed by atoms with van der Waals surface area (Å²) < 4.78 is 5.59. The second-order valence-electron chi connectivity index (χ2n) is 6.75. The van der Waals surface area contributed by atoms with Gasteiger partial charge in [-0.25, -0.2) is 0 Å². The van der Waals surface area contributed by atoms with Gasteiger partial charge in [-0.15, -0.1) is 0 Å². The van der Waals surface area contributed by atoms with Crippen molar-refractivity contribution in [2.45, 2.75) is 45.8 Å². The Bertz CT molecular complexity index is 782. The van der Waals surface area contributed by atoms with Crippen molar-refractivity contribution in [3.8, 4) is 5.75 Å². The fraction of sp³-hybridized carbons (Fsp3) is 0.364. The predicted molar refractivity (Wildman–Crippen MR) is 111 cm³/mol. The van der Waals surface area contributed by atoms with Crippen molar-refractivity contribution in [2.75, 3.05) is 6.61 Å². The van der Waals surface area contributed by atoms with E-state index in [1.807, 2.05) is 44.2 Å². The van der Waals surface area contributed by atoms with Crippen molar-refractivity contribution in [3.63, 3.8) is 0 Å². The van der Waals surface area contributed by atoms with E-state index in [-0.39, 0.29) is 24.5 Å². The third-order valence-corrected chi connectivity index (χ3v) is 4.76. The summed E-state index contributed by atoms with van der Waals surface area (Å²) >= 11 is 5.96. The Morgan fingerprint density at radius 1 is 1.11 bits per heavy atom. The van der Waals surface area contributed by atoms with Gasteiger partial charge < -0.3 is 15.0 Å². The van der Waals surface area contributed by atoms with Crippen LogP contribution in [0.15, 0.2) is 54.6 Å². The van der Waals surface area contributed by atoms with Crippen LogP contribution in [0.5, 0.6) is 5.75 Å². The molecule has 150 valence electrons. The highest BCUT2D eigenvalue weighted by Crippen LogP contribution is 2.17. The molecule has 2 amide bonds. The zero-order valence-electron chi connectivity index (χ0n) is 16.5. The highest BCUT2D eigenvalue weighted by Gasteiger charge is 2.27. The van der Waals surface area contributed by atoms with E-state index in [4.69, 9.17) is 16.3 Å². The van der Waals surface area contributed by atoms with Gasteiger partial charge >= 0.3 is 0 Å². The first-order chi connectivity index (χ1) is 13.4. The molecule has 0 radical (unpaired) electrons. The van der Waals surface area contributed by atoms with Crippen LogP contribution < -0.4 is 10.1 Å². The van der Waals surface area contributed by atoms with Gasteiger partial charge in [0, 0.05) is 17.6 Å².